The Kier molecular flexibility index (Phi) is 4.37. The van der Waals surface area contributed by atoms with Gasteiger partial charge >= 0.3 is 0 Å². The molecular weight excluding hydrogens is 224 g/mol. The second-order valence-corrected chi connectivity index (χ2v) is 4.99. The summed E-state index contributed by atoms with van der Waals surface area (Å²) in [5.74, 6) is 0.215. The molecule has 3 heteroatoms. The van der Waals surface area contributed by atoms with Gasteiger partial charge in [-0.25, -0.2) is 0 Å². The molecule has 1 aromatic rings. The van der Waals surface area contributed by atoms with Gasteiger partial charge in [0.2, 0.25) is 5.91 Å². The molecule has 0 aromatic heterocycles. The third-order valence-electron chi connectivity index (χ3n) is 3.58. The van der Waals surface area contributed by atoms with Crippen LogP contribution in [0.25, 0.3) is 0 Å². The third-order valence-corrected chi connectivity index (χ3v) is 3.58. The first-order chi connectivity index (χ1) is 8.74. The van der Waals surface area contributed by atoms with Crippen LogP contribution in [0.5, 0.6) is 0 Å². The molecule has 1 amide bonds. The molecule has 2 atom stereocenters. The summed E-state index contributed by atoms with van der Waals surface area (Å²) in [6, 6.07) is 10.5. The summed E-state index contributed by atoms with van der Waals surface area (Å²) in [7, 11) is 0. The average molecular weight is 246 g/mol. The lowest BCUT2D eigenvalue weighted by Gasteiger charge is -2.30. The number of nitrogens with one attached hydrogen (secondary N) is 1. The van der Waals surface area contributed by atoms with Gasteiger partial charge in [0, 0.05) is 6.04 Å². The van der Waals surface area contributed by atoms with E-state index >= 15 is 0 Å². The molecule has 1 aliphatic heterocycles. The van der Waals surface area contributed by atoms with Gasteiger partial charge in [0.1, 0.15) is 6.17 Å². The highest BCUT2D eigenvalue weighted by atomic mass is 16.2. The molecule has 1 heterocycles. The molecule has 0 radical (unpaired) electrons. The van der Waals surface area contributed by atoms with E-state index in [-0.39, 0.29) is 12.1 Å². The van der Waals surface area contributed by atoms with Crippen molar-refractivity contribution in [2.45, 2.75) is 45.3 Å². The Morgan fingerprint density at radius 1 is 1.39 bits per heavy atom. The highest BCUT2D eigenvalue weighted by Gasteiger charge is 2.34. The molecule has 2 unspecified atom stereocenters. The Labute approximate surface area is 109 Å². The average Bonchev–Trinajstić information content (AvgIpc) is 2.79. The Hall–Kier alpha value is -1.35. The lowest BCUT2D eigenvalue weighted by Crippen LogP contribution is -2.37. The smallest absolute Gasteiger partial charge is 0.238 e. The topological polar surface area (TPSA) is 32.3 Å². The molecule has 0 saturated carbocycles. The van der Waals surface area contributed by atoms with Crippen LogP contribution in [0.4, 0.5) is 0 Å². The number of amides is 1. The number of unbranched alkanes of at least 4 members (excludes halogenated alkanes) is 1. The first-order valence-corrected chi connectivity index (χ1v) is 6.83. The fraction of sp³-hybridized carbons (Fsp3) is 0.533. The minimum absolute atomic E-state index is 0.0468. The van der Waals surface area contributed by atoms with E-state index in [1.54, 1.807) is 0 Å². The number of hydrogen-bond donors (Lipinski definition) is 1. The quantitative estimate of drug-likeness (QED) is 0.866. The van der Waals surface area contributed by atoms with Gasteiger partial charge < -0.3 is 4.90 Å². The molecule has 0 spiro atoms. The van der Waals surface area contributed by atoms with E-state index in [4.69, 9.17) is 0 Å². The molecule has 1 N–H and O–H groups in total. The van der Waals surface area contributed by atoms with E-state index < -0.39 is 0 Å². The molecule has 1 saturated heterocycles. The zero-order chi connectivity index (χ0) is 13.0. The molecule has 0 aliphatic carbocycles. The van der Waals surface area contributed by atoms with Gasteiger partial charge in [0.05, 0.1) is 6.54 Å². The van der Waals surface area contributed by atoms with Crippen LogP contribution in [0.15, 0.2) is 30.3 Å². The lowest BCUT2D eigenvalue weighted by atomic mass is 10.1. The number of hydrogen-bond acceptors (Lipinski definition) is 2. The van der Waals surface area contributed by atoms with E-state index in [0.717, 1.165) is 6.42 Å². The second kappa shape index (κ2) is 6.01. The van der Waals surface area contributed by atoms with Crippen LogP contribution in [-0.2, 0) is 4.79 Å². The standard InChI is InChI=1S/C15H22N2O/c1-3-4-8-12(2)17-14(18)11-16-15(17)13-9-6-5-7-10-13/h5-7,9-10,12,15-16H,3-4,8,11H2,1-2H3. The molecule has 0 bridgehead atoms. The van der Waals surface area contributed by atoms with Gasteiger partial charge in [0.15, 0.2) is 0 Å². The van der Waals surface area contributed by atoms with Gasteiger partial charge in [-0.3, -0.25) is 10.1 Å². The minimum Gasteiger partial charge on any atom is -0.319 e. The third kappa shape index (κ3) is 2.72. The van der Waals surface area contributed by atoms with Gasteiger partial charge in [-0.15, -0.1) is 0 Å². The van der Waals surface area contributed by atoms with Crippen molar-refractivity contribution >= 4 is 5.91 Å². The summed E-state index contributed by atoms with van der Waals surface area (Å²) in [4.78, 5) is 14.0. The number of benzene rings is 1. The van der Waals surface area contributed by atoms with Crippen molar-refractivity contribution in [2.75, 3.05) is 6.54 Å². The molecular formula is C15H22N2O. The zero-order valence-corrected chi connectivity index (χ0v) is 11.2. The normalized spacial score (nSPS) is 21.3. The molecule has 2 rings (SSSR count). The molecule has 18 heavy (non-hydrogen) atoms. The van der Waals surface area contributed by atoms with E-state index in [1.807, 2.05) is 23.1 Å². The first-order valence-electron chi connectivity index (χ1n) is 6.83. The number of carbonyl (C=O) groups is 1. The Balaban J connectivity index is 2.12. The second-order valence-electron chi connectivity index (χ2n) is 4.99. The molecule has 1 aliphatic rings. The van der Waals surface area contributed by atoms with Crippen molar-refractivity contribution in [1.29, 1.82) is 0 Å². The van der Waals surface area contributed by atoms with Gasteiger partial charge in [-0.2, -0.15) is 0 Å². The number of carbonyl (C=O) groups excluding carboxylic acids is 1. The van der Waals surface area contributed by atoms with Gasteiger partial charge in [-0.05, 0) is 18.9 Å². The highest BCUT2D eigenvalue weighted by Crippen LogP contribution is 2.26. The summed E-state index contributed by atoms with van der Waals surface area (Å²) in [6.45, 7) is 4.79. The molecule has 1 aromatic carbocycles. The SMILES string of the molecule is CCCCC(C)N1C(=O)CNC1c1ccccc1. The maximum absolute atomic E-state index is 12.0. The van der Waals surface area contributed by atoms with Crippen LogP contribution in [0, 0.1) is 0 Å². The zero-order valence-electron chi connectivity index (χ0n) is 11.2. The lowest BCUT2D eigenvalue weighted by molar-refractivity contribution is -0.130. The van der Waals surface area contributed by atoms with Crippen molar-refractivity contribution < 1.29 is 4.79 Å². The van der Waals surface area contributed by atoms with E-state index in [1.165, 1.54) is 18.4 Å². The maximum atomic E-state index is 12.0. The van der Waals surface area contributed by atoms with E-state index in [2.05, 4.69) is 31.3 Å². The van der Waals surface area contributed by atoms with Crippen LogP contribution in [0.1, 0.15) is 44.8 Å². The first kappa shape index (κ1) is 13.1. The summed E-state index contributed by atoms with van der Waals surface area (Å²) >= 11 is 0. The van der Waals surface area contributed by atoms with Gasteiger partial charge in [0.25, 0.3) is 0 Å². The van der Waals surface area contributed by atoms with Crippen molar-refractivity contribution in [1.82, 2.24) is 10.2 Å². The van der Waals surface area contributed by atoms with Crippen LogP contribution in [-0.4, -0.2) is 23.4 Å². The number of rotatable bonds is 5. The summed E-state index contributed by atoms with van der Waals surface area (Å²) in [5.41, 5.74) is 1.17. The monoisotopic (exact) mass is 246 g/mol. The van der Waals surface area contributed by atoms with Crippen molar-refractivity contribution in [3.63, 3.8) is 0 Å². The fourth-order valence-electron chi connectivity index (χ4n) is 2.57. The molecule has 98 valence electrons. The predicted octanol–water partition coefficient (Wildman–Crippen LogP) is 2.70. The van der Waals surface area contributed by atoms with E-state index in [0.29, 0.717) is 12.6 Å². The molecule has 1 fully saturated rings. The summed E-state index contributed by atoms with van der Waals surface area (Å²) in [6.07, 6.45) is 3.47. The fourth-order valence-corrected chi connectivity index (χ4v) is 2.57. The van der Waals surface area contributed by atoms with Crippen molar-refractivity contribution in [3.05, 3.63) is 35.9 Å². The van der Waals surface area contributed by atoms with Crippen LogP contribution >= 0.6 is 0 Å². The van der Waals surface area contributed by atoms with E-state index in [9.17, 15) is 4.79 Å². The largest absolute Gasteiger partial charge is 0.319 e. The minimum atomic E-state index is 0.0468. The molecule has 3 nitrogen and oxygen atoms in total. The Morgan fingerprint density at radius 2 is 2.11 bits per heavy atom. The Bertz CT molecular complexity index is 391. The summed E-state index contributed by atoms with van der Waals surface area (Å²) in [5, 5.41) is 3.31. The van der Waals surface area contributed by atoms with Crippen LogP contribution in [0.2, 0.25) is 0 Å². The van der Waals surface area contributed by atoms with Crippen LogP contribution < -0.4 is 5.32 Å². The highest BCUT2D eigenvalue weighted by molar-refractivity contribution is 5.81. The predicted molar refractivity (Wildman–Crippen MR) is 73.0 cm³/mol. The Morgan fingerprint density at radius 3 is 2.78 bits per heavy atom. The van der Waals surface area contributed by atoms with Crippen LogP contribution in [0.3, 0.4) is 0 Å². The summed E-state index contributed by atoms with van der Waals surface area (Å²) < 4.78 is 0. The number of nitrogens with zero attached hydrogens (tertiary/aromatic N) is 1. The van der Waals surface area contributed by atoms with Gasteiger partial charge in [-0.1, -0.05) is 50.1 Å². The van der Waals surface area contributed by atoms with Crippen molar-refractivity contribution in [2.24, 2.45) is 0 Å². The van der Waals surface area contributed by atoms with Crippen molar-refractivity contribution in [3.8, 4) is 0 Å². The maximum Gasteiger partial charge on any atom is 0.238 e.